The number of aryl methyl sites for hydroxylation is 1. The lowest BCUT2D eigenvalue weighted by molar-refractivity contribution is -0.117. The molecule has 2 aromatic carbocycles. The maximum Gasteiger partial charge on any atom is 0.232 e. The van der Waals surface area contributed by atoms with Crippen molar-refractivity contribution in [2.75, 3.05) is 5.32 Å². The number of carbonyl (C=O) groups excluding carboxylic acids is 1. The predicted octanol–water partition coefficient (Wildman–Crippen LogP) is 3.68. The normalized spacial score (nSPS) is 18.0. The highest BCUT2D eigenvalue weighted by atomic mass is 16.2. The second-order valence-corrected chi connectivity index (χ2v) is 6.06. The molecular weight excluding hydrogens is 272 g/mol. The van der Waals surface area contributed by atoms with Crippen LogP contribution in [0.3, 0.4) is 0 Å². The number of nitrogens with two attached hydrogens (primary N) is 1. The highest BCUT2D eigenvalue weighted by Gasteiger charge is 2.32. The number of hydrogen-bond acceptors (Lipinski definition) is 2. The Hall–Kier alpha value is -2.13. The number of amides is 1. The first-order valence-corrected chi connectivity index (χ1v) is 7.85. The van der Waals surface area contributed by atoms with Gasteiger partial charge in [-0.1, -0.05) is 55.0 Å². The highest BCUT2D eigenvalue weighted by molar-refractivity contribution is 6.03. The number of carbonyl (C=O) groups is 1. The Bertz CT molecular complexity index is 694. The fourth-order valence-corrected chi connectivity index (χ4v) is 3.29. The van der Waals surface area contributed by atoms with E-state index in [4.69, 9.17) is 5.73 Å². The van der Waals surface area contributed by atoms with E-state index in [-0.39, 0.29) is 17.9 Å². The van der Waals surface area contributed by atoms with E-state index in [1.54, 1.807) is 0 Å². The Morgan fingerprint density at radius 3 is 2.64 bits per heavy atom. The first kappa shape index (κ1) is 14.8. The van der Waals surface area contributed by atoms with Crippen molar-refractivity contribution in [3.63, 3.8) is 0 Å². The SMILES string of the molecule is CCC1C(=O)Nc2c(C(N)Cc3ccccc3)cc(C)cc21. The third kappa shape index (κ3) is 2.64. The Kier molecular flexibility index (Phi) is 3.99. The van der Waals surface area contributed by atoms with Crippen molar-refractivity contribution < 1.29 is 4.79 Å². The second-order valence-electron chi connectivity index (χ2n) is 6.06. The van der Waals surface area contributed by atoms with Crippen LogP contribution in [0.15, 0.2) is 42.5 Å². The van der Waals surface area contributed by atoms with Crippen molar-refractivity contribution in [2.24, 2.45) is 5.73 Å². The van der Waals surface area contributed by atoms with Gasteiger partial charge in [-0.15, -0.1) is 0 Å². The summed E-state index contributed by atoms with van der Waals surface area (Å²) in [5, 5.41) is 3.04. The van der Waals surface area contributed by atoms with Crippen LogP contribution in [-0.2, 0) is 11.2 Å². The smallest absolute Gasteiger partial charge is 0.232 e. The molecule has 3 heteroatoms. The minimum atomic E-state index is -0.119. The van der Waals surface area contributed by atoms with Crippen LogP contribution in [0.4, 0.5) is 5.69 Å². The van der Waals surface area contributed by atoms with Crippen LogP contribution in [0.5, 0.6) is 0 Å². The van der Waals surface area contributed by atoms with Crippen LogP contribution in [0.25, 0.3) is 0 Å². The van der Waals surface area contributed by atoms with Crippen molar-refractivity contribution >= 4 is 11.6 Å². The summed E-state index contributed by atoms with van der Waals surface area (Å²) in [6.07, 6.45) is 1.58. The number of hydrogen-bond donors (Lipinski definition) is 2. The maximum atomic E-state index is 12.2. The monoisotopic (exact) mass is 294 g/mol. The van der Waals surface area contributed by atoms with Crippen molar-refractivity contribution in [2.45, 2.75) is 38.6 Å². The first-order valence-electron chi connectivity index (χ1n) is 7.85. The molecule has 1 amide bonds. The number of fused-ring (bicyclic) bond motifs is 1. The van der Waals surface area contributed by atoms with Gasteiger partial charge < -0.3 is 11.1 Å². The molecule has 2 aromatic rings. The average molecular weight is 294 g/mol. The molecule has 0 aromatic heterocycles. The van der Waals surface area contributed by atoms with Gasteiger partial charge in [-0.25, -0.2) is 0 Å². The minimum absolute atomic E-state index is 0.0439. The molecule has 0 fully saturated rings. The predicted molar refractivity (Wildman–Crippen MR) is 89.9 cm³/mol. The lowest BCUT2D eigenvalue weighted by atomic mass is 9.90. The van der Waals surface area contributed by atoms with Crippen LogP contribution in [0.1, 0.15) is 47.6 Å². The molecular formula is C19H22N2O. The molecule has 0 radical (unpaired) electrons. The van der Waals surface area contributed by atoms with Crippen molar-refractivity contribution in [3.05, 3.63) is 64.7 Å². The van der Waals surface area contributed by atoms with Crippen LogP contribution in [0.2, 0.25) is 0 Å². The van der Waals surface area contributed by atoms with E-state index in [1.807, 2.05) is 25.1 Å². The molecule has 3 nitrogen and oxygen atoms in total. The van der Waals surface area contributed by atoms with E-state index in [9.17, 15) is 4.79 Å². The molecule has 0 saturated carbocycles. The van der Waals surface area contributed by atoms with Crippen LogP contribution >= 0.6 is 0 Å². The largest absolute Gasteiger partial charge is 0.325 e. The van der Waals surface area contributed by atoms with E-state index in [2.05, 4.69) is 36.5 Å². The topological polar surface area (TPSA) is 55.1 Å². The lowest BCUT2D eigenvalue weighted by Crippen LogP contribution is -2.16. The van der Waals surface area contributed by atoms with Gasteiger partial charge >= 0.3 is 0 Å². The molecule has 1 heterocycles. The Morgan fingerprint density at radius 2 is 1.95 bits per heavy atom. The summed E-state index contributed by atoms with van der Waals surface area (Å²) in [6.45, 7) is 4.11. The second kappa shape index (κ2) is 5.93. The zero-order valence-corrected chi connectivity index (χ0v) is 13.1. The third-order valence-electron chi connectivity index (χ3n) is 4.39. The van der Waals surface area contributed by atoms with Gasteiger partial charge in [-0.05, 0) is 36.5 Å². The number of nitrogens with one attached hydrogen (secondary N) is 1. The number of rotatable bonds is 4. The van der Waals surface area contributed by atoms with Gasteiger partial charge in [0, 0.05) is 11.7 Å². The molecule has 3 N–H and O–H groups in total. The Labute approximate surface area is 131 Å². The molecule has 114 valence electrons. The van der Waals surface area contributed by atoms with Crippen molar-refractivity contribution in [1.29, 1.82) is 0 Å². The van der Waals surface area contributed by atoms with Gasteiger partial charge in [0.1, 0.15) is 0 Å². The molecule has 2 unspecified atom stereocenters. The van der Waals surface area contributed by atoms with Gasteiger partial charge in [-0.2, -0.15) is 0 Å². The van der Waals surface area contributed by atoms with Crippen LogP contribution in [0, 0.1) is 6.92 Å². The zero-order valence-electron chi connectivity index (χ0n) is 13.1. The standard InChI is InChI=1S/C19H22N2O/c1-3-14-15-9-12(2)10-16(18(15)21-19(14)22)17(20)11-13-7-5-4-6-8-13/h4-10,14,17H,3,11,20H2,1-2H3,(H,21,22). The van der Waals surface area contributed by atoms with Gasteiger partial charge in [-0.3, -0.25) is 4.79 Å². The molecule has 2 atom stereocenters. The van der Waals surface area contributed by atoms with Gasteiger partial charge in [0.15, 0.2) is 0 Å². The van der Waals surface area contributed by atoms with Crippen molar-refractivity contribution in [1.82, 2.24) is 0 Å². The molecule has 0 saturated heterocycles. The number of anilines is 1. The average Bonchev–Trinajstić information content (AvgIpc) is 2.82. The first-order chi connectivity index (χ1) is 10.6. The van der Waals surface area contributed by atoms with E-state index in [1.165, 1.54) is 5.56 Å². The summed E-state index contributed by atoms with van der Waals surface area (Å²) in [6, 6.07) is 14.3. The molecule has 3 rings (SSSR count). The highest BCUT2D eigenvalue weighted by Crippen LogP contribution is 2.40. The zero-order chi connectivity index (χ0) is 15.7. The Balaban J connectivity index is 1.96. The molecule has 0 aliphatic carbocycles. The summed E-state index contributed by atoms with van der Waals surface area (Å²) < 4.78 is 0. The number of benzene rings is 2. The molecule has 1 aliphatic heterocycles. The van der Waals surface area contributed by atoms with Crippen molar-refractivity contribution in [3.8, 4) is 0 Å². The van der Waals surface area contributed by atoms with Crippen LogP contribution < -0.4 is 11.1 Å². The third-order valence-corrected chi connectivity index (χ3v) is 4.39. The minimum Gasteiger partial charge on any atom is -0.325 e. The maximum absolute atomic E-state index is 12.2. The molecule has 1 aliphatic rings. The van der Waals surface area contributed by atoms with Gasteiger partial charge in [0.05, 0.1) is 5.92 Å². The summed E-state index contributed by atoms with van der Waals surface area (Å²) in [7, 11) is 0. The van der Waals surface area contributed by atoms with E-state index < -0.39 is 0 Å². The van der Waals surface area contributed by atoms with Crippen LogP contribution in [-0.4, -0.2) is 5.91 Å². The van der Waals surface area contributed by atoms with E-state index >= 15 is 0 Å². The van der Waals surface area contributed by atoms with Gasteiger partial charge in [0.2, 0.25) is 5.91 Å². The fourth-order valence-electron chi connectivity index (χ4n) is 3.29. The molecule has 0 spiro atoms. The lowest BCUT2D eigenvalue weighted by Gasteiger charge is -2.17. The summed E-state index contributed by atoms with van der Waals surface area (Å²) in [5.41, 5.74) is 11.9. The summed E-state index contributed by atoms with van der Waals surface area (Å²) in [4.78, 5) is 12.2. The quantitative estimate of drug-likeness (QED) is 0.903. The van der Waals surface area contributed by atoms with E-state index in [0.29, 0.717) is 0 Å². The summed E-state index contributed by atoms with van der Waals surface area (Å²) in [5.74, 6) is 0.0498. The molecule has 0 bridgehead atoms. The molecule has 22 heavy (non-hydrogen) atoms. The fraction of sp³-hybridized carbons (Fsp3) is 0.316. The van der Waals surface area contributed by atoms with Gasteiger partial charge in [0.25, 0.3) is 0 Å². The Morgan fingerprint density at radius 1 is 1.23 bits per heavy atom. The van der Waals surface area contributed by atoms with E-state index in [0.717, 1.165) is 35.2 Å². The summed E-state index contributed by atoms with van der Waals surface area (Å²) >= 11 is 0.